The van der Waals surface area contributed by atoms with Crippen molar-refractivity contribution in [1.29, 1.82) is 0 Å². The number of nitrogens with one attached hydrogen (secondary N) is 1. The van der Waals surface area contributed by atoms with Gasteiger partial charge in [-0.25, -0.2) is 0 Å². The Kier molecular flexibility index (Phi) is 6.49. The Morgan fingerprint density at radius 1 is 1.23 bits per heavy atom. The van der Waals surface area contributed by atoms with Crippen molar-refractivity contribution < 1.29 is 4.79 Å². The summed E-state index contributed by atoms with van der Waals surface area (Å²) in [5.74, 6) is 0.908. The molecule has 142 valence electrons. The van der Waals surface area contributed by atoms with Crippen molar-refractivity contribution in [2.45, 2.75) is 44.7 Å². The number of hydrogen-bond donors (Lipinski definition) is 1. The Morgan fingerprint density at radius 3 is 2.54 bits per heavy atom. The zero-order valence-corrected chi connectivity index (χ0v) is 16.4. The van der Waals surface area contributed by atoms with E-state index in [1.807, 2.05) is 14.1 Å². The Bertz CT molecular complexity index is 618. The van der Waals surface area contributed by atoms with Gasteiger partial charge in [-0.3, -0.25) is 9.69 Å². The molecule has 4 heteroatoms. The molecule has 4 nitrogen and oxygen atoms in total. The first kappa shape index (κ1) is 19.1. The summed E-state index contributed by atoms with van der Waals surface area (Å²) >= 11 is 0. The van der Waals surface area contributed by atoms with Crippen LogP contribution in [0, 0.1) is 5.92 Å². The van der Waals surface area contributed by atoms with Crippen LogP contribution < -0.4 is 5.32 Å². The first-order valence-corrected chi connectivity index (χ1v) is 10.0. The topological polar surface area (TPSA) is 35.6 Å². The Labute approximate surface area is 158 Å². The van der Waals surface area contributed by atoms with Crippen LogP contribution in [0.15, 0.2) is 35.9 Å². The predicted molar refractivity (Wildman–Crippen MR) is 108 cm³/mol. The Hall–Kier alpha value is -1.65. The Balaban J connectivity index is 1.44. The molecule has 0 bridgehead atoms. The molecule has 1 aromatic carbocycles. The maximum Gasteiger partial charge on any atom is 0.236 e. The van der Waals surface area contributed by atoms with Gasteiger partial charge in [0.05, 0.1) is 6.54 Å². The van der Waals surface area contributed by atoms with E-state index < -0.39 is 0 Å². The van der Waals surface area contributed by atoms with Crippen LogP contribution in [-0.2, 0) is 4.79 Å². The molecule has 1 aliphatic heterocycles. The minimum atomic E-state index is 0.206. The van der Waals surface area contributed by atoms with Gasteiger partial charge in [0, 0.05) is 39.3 Å². The second-order valence-corrected chi connectivity index (χ2v) is 7.94. The monoisotopic (exact) mass is 355 g/mol. The second-order valence-electron chi connectivity index (χ2n) is 7.94. The SMILES string of the molecule is CC/C(=C\c1ccccc1)[C@@H]1C[C@H]1NC1CCN(CC(=O)N(C)C)CC1. The summed E-state index contributed by atoms with van der Waals surface area (Å²) in [5.41, 5.74) is 2.89. The van der Waals surface area contributed by atoms with E-state index in [-0.39, 0.29) is 5.91 Å². The summed E-state index contributed by atoms with van der Waals surface area (Å²) in [7, 11) is 3.66. The lowest BCUT2D eigenvalue weighted by Gasteiger charge is -2.32. The molecule has 0 radical (unpaired) electrons. The molecular formula is C22H33N3O. The number of carbonyl (C=O) groups excluding carboxylic acids is 1. The summed E-state index contributed by atoms with van der Waals surface area (Å²) in [6.07, 6.45) is 7.07. The summed E-state index contributed by atoms with van der Waals surface area (Å²) in [4.78, 5) is 15.8. The highest BCUT2D eigenvalue weighted by molar-refractivity contribution is 5.77. The quantitative estimate of drug-likeness (QED) is 0.817. The van der Waals surface area contributed by atoms with Crippen LogP contribution in [0.4, 0.5) is 0 Å². The molecule has 2 atom stereocenters. The van der Waals surface area contributed by atoms with Gasteiger partial charge in [-0.2, -0.15) is 0 Å². The van der Waals surface area contributed by atoms with Crippen molar-refractivity contribution in [3.05, 3.63) is 41.5 Å². The maximum atomic E-state index is 11.8. The van der Waals surface area contributed by atoms with Crippen LogP contribution in [0.25, 0.3) is 6.08 Å². The Morgan fingerprint density at radius 2 is 1.92 bits per heavy atom. The molecule has 1 heterocycles. The van der Waals surface area contributed by atoms with Crippen LogP contribution in [0.5, 0.6) is 0 Å². The van der Waals surface area contributed by atoms with Gasteiger partial charge in [0.25, 0.3) is 0 Å². The highest BCUT2D eigenvalue weighted by Gasteiger charge is 2.40. The molecular weight excluding hydrogens is 322 g/mol. The van der Waals surface area contributed by atoms with E-state index in [0.29, 0.717) is 24.5 Å². The van der Waals surface area contributed by atoms with Crippen molar-refractivity contribution in [2.24, 2.45) is 5.92 Å². The van der Waals surface area contributed by atoms with E-state index in [0.717, 1.165) is 32.4 Å². The van der Waals surface area contributed by atoms with Gasteiger partial charge in [-0.15, -0.1) is 0 Å². The lowest BCUT2D eigenvalue weighted by atomic mass is 10.0. The zero-order chi connectivity index (χ0) is 18.5. The van der Waals surface area contributed by atoms with Crippen LogP contribution in [0.1, 0.15) is 38.2 Å². The minimum absolute atomic E-state index is 0.206. The number of likely N-dealkylation sites (tertiary alicyclic amines) is 1. The van der Waals surface area contributed by atoms with Crippen molar-refractivity contribution >= 4 is 12.0 Å². The normalized spacial score (nSPS) is 24.5. The first-order valence-electron chi connectivity index (χ1n) is 10.0. The number of benzene rings is 1. The number of nitrogens with zero attached hydrogens (tertiary/aromatic N) is 2. The average Bonchev–Trinajstić information content (AvgIpc) is 3.41. The fraction of sp³-hybridized carbons (Fsp3) is 0.591. The van der Waals surface area contributed by atoms with Gasteiger partial charge in [0.2, 0.25) is 5.91 Å². The smallest absolute Gasteiger partial charge is 0.236 e. The third kappa shape index (κ3) is 5.18. The van der Waals surface area contributed by atoms with Crippen LogP contribution in [-0.4, -0.2) is 61.5 Å². The van der Waals surface area contributed by atoms with E-state index in [1.54, 1.807) is 10.5 Å². The molecule has 0 aromatic heterocycles. The van der Waals surface area contributed by atoms with E-state index in [4.69, 9.17) is 0 Å². The molecule has 1 aromatic rings. The van der Waals surface area contributed by atoms with Crippen molar-refractivity contribution in [3.63, 3.8) is 0 Å². The molecule has 2 fully saturated rings. The van der Waals surface area contributed by atoms with E-state index in [2.05, 4.69) is 53.5 Å². The fourth-order valence-electron chi connectivity index (χ4n) is 3.92. The minimum Gasteiger partial charge on any atom is -0.348 e. The van der Waals surface area contributed by atoms with Crippen molar-refractivity contribution in [3.8, 4) is 0 Å². The largest absolute Gasteiger partial charge is 0.348 e. The van der Waals surface area contributed by atoms with E-state index in [1.165, 1.54) is 12.0 Å². The fourth-order valence-corrected chi connectivity index (χ4v) is 3.92. The van der Waals surface area contributed by atoms with Gasteiger partial charge in [-0.1, -0.05) is 48.9 Å². The average molecular weight is 356 g/mol. The number of carbonyl (C=O) groups is 1. The zero-order valence-electron chi connectivity index (χ0n) is 16.4. The van der Waals surface area contributed by atoms with Crippen molar-refractivity contribution in [2.75, 3.05) is 33.7 Å². The molecule has 0 spiro atoms. The molecule has 3 rings (SSSR count). The summed E-state index contributed by atoms with van der Waals surface area (Å²) < 4.78 is 0. The van der Waals surface area contributed by atoms with E-state index in [9.17, 15) is 4.79 Å². The van der Waals surface area contributed by atoms with E-state index >= 15 is 0 Å². The summed E-state index contributed by atoms with van der Waals surface area (Å²) in [6.45, 7) is 4.88. The van der Waals surface area contributed by atoms with Gasteiger partial charge in [0.15, 0.2) is 0 Å². The molecule has 1 saturated heterocycles. The highest BCUT2D eigenvalue weighted by atomic mass is 16.2. The van der Waals surface area contributed by atoms with Gasteiger partial charge < -0.3 is 10.2 Å². The number of hydrogen-bond acceptors (Lipinski definition) is 3. The lowest BCUT2D eigenvalue weighted by molar-refractivity contribution is -0.130. The molecule has 1 amide bonds. The summed E-state index contributed by atoms with van der Waals surface area (Å²) in [5, 5.41) is 3.88. The standard InChI is InChI=1S/C22H33N3O/c1-4-18(14-17-8-6-5-7-9-17)20-15-21(20)23-19-10-12-25(13-11-19)16-22(26)24(2)3/h5-9,14,19-21,23H,4,10-13,15-16H2,1-3H3/b18-14+/t20-,21+/m0/s1. The van der Waals surface area contributed by atoms with Gasteiger partial charge >= 0.3 is 0 Å². The molecule has 1 aliphatic carbocycles. The molecule has 1 N–H and O–H groups in total. The predicted octanol–water partition coefficient (Wildman–Crippen LogP) is 3.01. The third-order valence-corrected chi connectivity index (χ3v) is 5.72. The maximum absolute atomic E-state index is 11.8. The lowest BCUT2D eigenvalue weighted by Crippen LogP contribution is -2.46. The number of likely N-dealkylation sites (N-methyl/N-ethyl adjacent to an activating group) is 1. The second kappa shape index (κ2) is 8.83. The first-order chi connectivity index (χ1) is 12.6. The van der Waals surface area contributed by atoms with Crippen LogP contribution in [0.3, 0.4) is 0 Å². The van der Waals surface area contributed by atoms with Gasteiger partial charge in [-0.05, 0) is 37.2 Å². The van der Waals surface area contributed by atoms with Crippen LogP contribution in [0.2, 0.25) is 0 Å². The van der Waals surface area contributed by atoms with Crippen LogP contribution >= 0.6 is 0 Å². The number of rotatable bonds is 7. The summed E-state index contributed by atoms with van der Waals surface area (Å²) in [6, 6.07) is 11.9. The number of piperidine rings is 1. The van der Waals surface area contributed by atoms with Crippen molar-refractivity contribution in [1.82, 2.24) is 15.1 Å². The number of amides is 1. The molecule has 0 unspecified atom stereocenters. The third-order valence-electron chi connectivity index (χ3n) is 5.72. The molecule has 1 saturated carbocycles. The molecule has 26 heavy (non-hydrogen) atoms. The molecule has 2 aliphatic rings. The highest BCUT2D eigenvalue weighted by Crippen LogP contribution is 2.40. The van der Waals surface area contributed by atoms with Gasteiger partial charge in [0.1, 0.15) is 0 Å².